The van der Waals surface area contributed by atoms with E-state index in [4.69, 9.17) is 0 Å². The average molecular weight is 223 g/mol. The zero-order valence-corrected chi connectivity index (χ0v) is 10.4. The smallest absolute Gasteiger partial charge is 0.236 e. The van der Waals surface area contributed by atoms with E-state index in [0.29, 0.717) is 6.54 Å². The number of nitrogens with one attached hydrogen (secondary N) is 1. The Kier molecular flexibility index (Phi) is 5.05. The lowest BCUT2D eigenvalue weighted by molar-refractivity contribution is -0.127. The van der Waals surface area contributed by atoms with Crippen molar-refractivity contribution in [3.8, 4) is 0 Å². The number of rotatable bonds is 6. The SMILES string of the molecule is CCCn1ccc(CNCC(=O)N(C)C)c1. The Morgan fingerprint density at radius 2 is 2.25 bits per heavy atom. The minimum atomic E-state index is 0.105. The Morgan fingerprint density at radius 3 is 2.88 bits per heavy atom. The topological polar surface area (TPSA) is 37.3 Å². The van der Waals surface area contributed by atoms with Crippen molar-refractivity contribution in [2.24, 2.45) is 0 Å². The molecule has 1 aromatic heterocycles. The molecular weight excluding hydrogens is 202 g/mol. The predicted octanol–water partition coefficient (Wildman–Crippen LogP) is 1.08. The van der Waals surface area contributed by atoms with Crippen molar-refractivity contribution >= 4 is 5.91 Å². The number of hydrogen-bond donors (Lipinski definition) is 1. The molecule has 1 heterocycles. The summed E-state index contributed by atoms with van der Waals surface area (Å²) in [5, 5.41) is 3.13. The van der Waals surface area contributed by atoms with Gasteiger partial charge in [0.05, 0.1) is 6.54 Å². The fourth-order valence-corrected chi connectivity index (χ4v) is 1.46. The Labute approximate surface area is 97.2 Å². The van der Waals surface area contributed by atoms with Crippen LogP contribution in [0.3, 0.4) is 0 Å². The van der Waals surface area contributed by atoms with Crippen LogP contribution in [0, 0.1) is 0 Å². The van der Waals surface area contributed by atoms with Gasteiger partial charge in [-0.1, -0.05) is 6.92 Å². The zero-order chi connectivity index (χ0) is 12.0. The van der Waals surface area contributed by atoms with E-state index in [1.165, 1.54) is 5.56 Å². The lowest BCUT2D eigenvalue weighted by atomic mass is 10.3. The summed E-state index contributed by atoms with van der Waals surface area (Å²) in [6, 6.07) is 2.09. The highest BCUT2D eigenvalue weighted by Crippen LogP contribution is 2.01. The Balaban J connectivity index is 2.29. The second-order valence-electron chi connectivity index (χ2n) is 4.15. The van der Waals surface area contributed by atoms with Crippen LogP contribution in [-0.2, 0) is 17.9 Å². The lowest BCUT2D eigenvalue weighted by Crippen LogP contribution is -2.32. The molecular formula is C12H21N3O. The van der Waals surface area contributed by atoms with E-state index in [1.807, 2.05) is 0 Å². The molecule has 0 saturated heterocycles. The highest BCUT2D eigenvalue weighted by atomic mass is 16.2. The van der Waals surface area contributed by atoms with E-state index in [0.717, 1.165) is 19.5 Å². The van der Waals surface area contributed by atoms with Crippen LogP contribution in [0.4, 0.5) is 0 Å². The van der Waals surface area contributed by atoms with Crippen molar-refractivity contribution in [2.75, 3.05) is 20.6 Å². The molecule has 0 saturated carbocycles. The number of carbonyl (C=O) groups excluding carboxylic acids is 1. The molecule has 1 aromatic rings. The van der Waals surface area contributed by atoms with Gasteiger partial charge in [0.1, 0.15) is 0 Å². The molecule has 4 heteroatoms. The van der Waals surface area contributed by atoms with Crippen LogP contribution in [0.15, 0.2) is 18.5 Å². The van der Waals surface area contributed by atoms with Crippen molar-refractivity contribution in [1.82, 2.24) is 14.8 Å². The van der Waals surface area contributed by atoms with Crippen LogP contribution < -0.4 is 5.32 Å². The molecule has 1 amide bonds. The van der Waals surface area contributed by atoms with E-state index in [-0.39, 0.29) is 5.91 Å². The fraction of sp³-hybridized carbons (Fsp3) is 0.583. The number of hydrogen-bond acceptors (Lipinski definition) is 2. The maximum atomic E-state index is 11.3. The molecule has 0 radical (unpaired) electrons. The van der Waals surface area contributed by atoms with Gasteiger partial charge in [-0.25, -0.2) is 0 Å². The normalized spacial score (nSPS) is 10.4. The van der Waals surface area contributed by atoms with E-state index in [1.54, 1.807) is 19.0 Å². The van der Waals surface area contributed by atoms with Crippen LogP contribution >= 0.6 is 0 Å². The monoisotopic (exact) mass is 223 g/mol. The van der Waals surface area contributed by atoms with Gasteiger partial charge in [-0.15, -0.1) is 0 Å². The second-order valence-corrected chi connectivity index (χ2v) is 4.15. The molecule has 90 valence electrons. The molecule has 0 atom stereocenters. The van der Waals surface area contributed by atoms with Gasteiger partial charge in [0, 0.05) is 39.6 Å². The van der Waals surface area contributed by atoms with Crippen LogP contribution in [-0.4, -0.2) is 36.0 Å². The van der Waals surface area contributed by atoms with Gasteiger partial charge >= 0.3 is 0 Å². The molecule has 16 heavy (non-hydrogen) atoms. The Hall–Kier alpha value is -1.29. The minimum absolute atomic E-state index is 0.105. The maximum absolute atomic E-state index is 11.3. The second kappa shape index (κ2) is 6.33. The van der Waals surface area contributed by atoms with Gasteiger partial charge < -0.3 is 14.8 Å². The standard InChI is InChI=1S/C12H21N3O/c1-4-6-15-7-5-11(10-15)8-13-9-12(16)14(2)3/h5,7,10,13H,4,6,8-9H2,1-3H3. The summed E-state index contributed by atoms with van der Waals surface area (Å²) in [7, 11) is 3.53. The molecule has 0 aliphatic heterocycles. The Morgan fingerprint density at radius 1 is 1.50 bits per heavy atom. The maximum Gasteiger partial charge on any atom is 0.236 e. The molecule has 4 nitrogen and oxygen atoms in total. The van der Waals surface area contributed by atoms with Crippen LogP contribution in [0.2, 0.25) is 0 Å². The summed E-state index contributed by atoms with van der Waals surface area (Å²) >= 11 is 0. The molecule has 0 fully saturated rings. The molecule has 1 rings (SSSR count). The minimum Gasteiger partial charge on any atom is -0.354 e. The third kappa shape index (κ3) is 4.06. The van der Waals surface area contributed by atoms with Crippen molar-refractivity contribution < 1.29 is 4.79 Å². The van der Waals surface area contributed by atoms with Crippen molar-refractivity contribution in [3.63, 3.8) is 0 Å². The zero-order valence-electron chi connectivity index (χ0n) is 10.4. The number of carbonyl (C=O) groups is 1. The highest BCUT2D eigenvalue weighted by molar-refractivity contribution is 5.77. The summed E-state index contributed by atoms with van der Waals surface area (Å²) in [5.74, 6) is 0.105. The number of likely N-dealkylation sites (N-methyl/N-ethyl adjacent to an activating group) is 1. The first-order valence-electron chi connectivity index (χ1n) is 5.69. The van der Waals surface area contributed by atoms with Gasteiger partial charge in [-0.2, -0.15) is 0 Å². The Bertz CT molecular complexity index is 331. The van der Waals surface area contributed by atoms with Crippen LogP contribution in [0.25, 0.3) is 0 Å². The van der Waals surface area contributed by atoms with Crippen LogP contribution in [0.1, 0.15) is 18.9 Å². The van der Waals surface area contributed by atoms with Crippen molar-refractivity contribution in [2.45, 2.75) is 26.4 Å². The van der Waals surface area contributed by atoms with Gasteiger partial charge in [-0.3, -0.25) is 4.79 Å². The summed E-state index contributed by atoms with van der Waals surface area (Å²) in [5.41, 5.74) is 1.22. The summed E-state index contributed by atoms with van der Waals surface area (Å²) < 4.78 is 2.17. The van der Waals surface area contributed by atoms with Crippen molar-refractivity contribution in [1.29, 1.82) is 0 Å². The van der Waals surface area contributed by atoms with E-state index in [2.05, 4.69) is 35.3 Å². The van der Waals surface area contributed by atoms with Gasteiger partial charge in [0.2, 0.25) is 5.91 Å². The first kappa shape index (κ1) is 12.8. The fourth-order valence-electron chi connectivity index (χ4n) is 1.46. The van der Waals surface area contributed by atoms with E-state index < -0.39 is 0 Å². The number of amides is 1. The van der Waals surface area contributed by atoms with Gasteiger partial charge in [0.15, 0.2) is 0 Å². The molecule has 0 aliphatic rings. The number of nitrogens with zero attached hydrogens (tertiary/aromatic N) is 2. The van der Waals surface area contributed by atoms with Crippen molar-refractivity contribution in [3.05, 3.63) is 24.0 Å². The summed E-state index contributed by atoms with van der Waals surface area (Å²) in [6.45, 7) is 4.35. The number of aromatic nitrogens is 1. The summed E-state index contributed by atoms with van der Waals surface area (Å²) in [4.78, 5) is 12.9. The summed E-state index contributed by atoms with van der Waals surface area (Å²) in [6.07, 6.45) is 5.34. The van der Waals surface area contributed by atoms with Gasteiger partial charge in [-0.05, 0) is 18.1 Å². The third-order valence-corrected chi connectivity index (χ3v) is 2.40. The molecule has 0 bridgehead atoms. The molecule has 0 spiro atoms. The molecule has 1 N–H and O–H groups in total. The number of aryl methyl sites for hydroxylation is 1. The van der Waals surface area contributed by atoms with E-state index in [9.17, 15) is 4.79 Å². The largest absolute Gasteiger partial charge is 0.354 e. The highest BCUT2D eigenvalue weighted by Gasteiger charge is 2.02. The molecule has 0 unspecified atom stereocenters. The van der Waals surface area contributed by atoms with E-state index >= 15 is 0 Å². The quantitative estimate of drug-likeness (QED) is 0.783. The lowest BCUT2D eigenvalue weighted by Gasteiger charge is -2.10. The average Bonchev–Trinajstić information content (AvgIpc) is 2.66. The molecule has 0 aromatic carbocycles. The van der Waals surface area contributed by atoms with Gasteiger partial charge in [0.25, 0.3) is 0 Å². The molecule has 0 aliphatic carbocycles. The first-order valence-corrected chi connectivity index (χ1v) is 5.69. The first-order chi connectivity index (χ1) is 7.63. The third-order valence-electron chi connectivity index (χ3n) is 2.40. The predicted molar refractivity (Wildman–Crippen MR) is 65.1 cm³/mol. The van der Waals surface area contributed by atoms with Crippen LogP contribution in [0.5, 0.6) is 0 Å².